The summed E-state index contributed by atoms with van der Waals surface area (Å²) in [6.45, 7) is 0.706. The van der Waals surface area contributed by atoms with Gasteiger partial charge >= 0.3 is 0 Å². The second kappa shape index (κ2) is 9.18. The van der Waals surface area contributed by atoms with E-state index < -0.39 is 0 Å². The van der Waals surface area contributed by atoms with Crippen LogP contribution in [-0.4, -0.2) is 48.3 Å². The van der Waals surface area contributed by atoms with Crippen LogP contribution in [0.25, 0.3) is 10.1 Å². The van der Waals surface area contributed by atoms with Crippen molar-refractivity contribution in [2.75, 3.05) is 20.6 Å². The predicted octanol–water partition coefficient (Wildman–Crippen LogP) is 4.91. The van der Waals surface area contributed by atoms with Crippen molar-refractivity contribution in [3.05, 3.63) is 70.4 Å². The molecule has 1 aliphatic rings. The van der Waals surface area contributed by atoms with E-state index in [1.807, 2.05) is 23.1 Å². The molecule has 0 bridgehead atoms. The molecular weight excluding hydrogens is 411 g/mol. The standard InChI is InChI=1S/C25H27FN2O2S/c1-27(2)25(30)24-21(20-11-3-4-12-22(20)31-24)16-19-10-5-6-13-28(19)23(29)15-17-8-7-9-18(26)14-17/h3-4,7-9,11-12,14,19H,5-6,10,13,15-16H2,1-2H3/t19-/m1/s1. The van der Waals surface area contributed by atoms with Crippen LogP contribution in [0.15, 0.2) is 48.5 Å². The molecule has 0 unspecified atom stereocenters. The highest BCUT2D eigenvalue weighted by atomic mass is 32.1. The van der Waals surface area contributed by atoms with Gasteiger partial charge in [0.05, 0.1) is 11.3 Å². The molecule has 0 saturated carbocycles. The lowest BCUT2D eigenvalue weighted by Crippen LogP contribution is -2.45. The van der Waals surface area contributed by atoms with Crippen LogP contribution >= 0.6 is 11.3 Å². The van der Waals surface area contributed by atoms with Crippen molar-refractivity contribution in [1.82, 2.24) is 9.80 Å². The maximum atomic E-state index is 13.6. The van der Waals surface area contributed by atoms with E-state index in [1.165, 1.54) is 23.5 Å². The van der Waals surface area contributed by atoms with Crippen molar-refractivity contribution < 1.29 is 14.0 Å². The molecule has 31 heavy (non-hydrogen) atoms. The van der Waals surface area contributed by atoms with Crippen LogP contribution in [0.2, 0.25) is 0 Å². The summed E-state index contributed by atoms with van der Waals surface area (Å²) < 4.78 is 14.7. The van der Waals surface area contributed by atoms with Crippen LogP contribution in [0.3, 0.4) is 0 Å². The molecular formula is C25H27FN2O2S. The van der Waals surface area contributed by atoms with Gasteiger partial charge in [0.2, 0.25) is 5.91 Å². The normalized spacial score (nSPS) is 16.5. The van der Waals surface area contributed by atoms with Gasteiger partial charge < -0.3 is 9.80 Å². The summed E-state index contributed by atoms with van der Waals surface area (Å²) in [6, 6.07) is 14.4. The van der Waals surface area contributed by atoms with E-state index in [4.69, 9.17) is 0 Å². The van der Waals surface area contributed by atoms with Gasteiger partial charge in [0, 0.05) is 31.4 Å². The summed E-state index contributed by atoms with van der Waals surface area (Å²) in [6.07, 6.45) is 3.80. The van der Waals surface area contributed by atoms with E-state index >= 15 is 0 Å². The number of piperidine rings is 1. The maximum absolute atomic E-state index is 13.6. The third kappa shape index (κ3) is 4.64. The van der Waals surface area contributed by atoms with E-state index in [-0.39, 0.29) is 30.1 Å². The SMILES string of the molecule is CN(C)C(=O)c1sc2ccccc2c1C[C@H]1CCCCN1C(=O)Cc1cccc(F)c1. The fourth-order valence-corrected chi connectivity index (χ4v) is 5.63. The van der Waals surface area contributed by atoms with Crippen LogP contribution in [0.5, 0.6) is 0 Å². The Morgan fingerprint density at radius 2 is 1.94 bits per heavy atom. The summed E-state index contributed by atoms with van der Waals surface area (Å²) in [7, 11) is 3.54. The Bertz CT molecular complexity index is 1110. The molecule has 2 amide bonds. The van der Waals surface area contributed by atoms with E-state index in [2.05, 4.69) is 6.07 Å². The maximum Gasteiger partial charge on any atom is 0.263 e. The summed E-state index contributed by atoms with van der Waals surface area (Å²) >= 11 is 1.53. The van der Waals surface area contributed by atoms with Gasteiger partial charge in [-0.1, -0.05) is 30.3 Å². The number of halogens is 1. The predicted molar refractivity (Wildman–Crippen MR) is 123 cm³/mol. The first-order valence-corrected chi connectivity index (χ1v) is 11.5. The lowest BCUT2D eigenvalue weighted by Gasteiger charge is -2.36. The number of amides is 2. The highest BCUT2D eigenvalue weighted by molar-refractivity contribution is 7.21. The third-order valence-corrected chi connectivity index (χ3v) is 7.13. The summed E-state index contributed by atoms with van der Waals surface area (Å²) in [5.41, 5.74) is 1.73. The van der Waals surface area contributed by atoms with Crippen molar-refractivity contribution in [2.45, 2.75) is 38.1 Å². The number of hydrogen-bond donors (Lipinski definition) is 0. The molecule has 1 fully saturated rings. The van der Waals surface area contributed by atoms with Gasteiger partial charge in [-0.25, -0.2) is 4.39 Å². The van der Waals surface area contributed by atoms with E-state index in [9.17, 15) is 14.0 Å². The van der Waals surface area contributed by atoms with Crippen molar-refractivity contribution in [1.29, 1.82) is 0 Å². The number of fused-ring (bicyclic) bond motifs is 1. The second-order valence-corrected chi connectivity index (χ2v) is 9.41. The Morgan fingerprint density at radius 1 is 1.13 bits per heavy atom. The zero-order valence-corrected chi connectivity index (χ0v) is 18.8. The summed E-state index contributed by atoms with van der Waals surface area (Å²) in [5, 5.41) is 1.10. The minimum absolute atomic E-state index is 0.00430. The number of benzene rings is 2. The Balaban J connectivity index is 1.62. The minimum Gasteiger partial charge on any atom is -0.344 e. The number of nitrogens with zero attached hydrogens (tertiary/aromatic N) is 2. The van der Waals surface area contributed by atoms with Gasteiger partial charge in [0.1, 0.15) is 5.82 Å². The Hall–Kier alpha value is -2.73. The fraction of sp³-hybridized carbons (Fsp3) is 0.360. The van der Waals surface area contributed by atoms with E-state index in [0.29, 0.717) is 18.5 Å². The molecule has 162 valence electrons. The van der Waals surface area contributed by atoms with Gasteiger partial charge in [-0.05, 0) is 60.4 Å². The van der Waals surface area contributed by atoms with Gasteiger partial charge in [0.25, 0.3) is 5.91 Å². The quantitative estimate of drug-likeness (QED) is 0.568. The molecule has 0 N–H and O–H groups in total. The Morgan fingerprint density at radius 3 is 2.71 bits per heavy atom. The molecule has 0 aliphatic carbocycles. The highest BCUT2D eigenvalue weighted by Crippen LogP contribution is 2.35. The van der Waals surface area contributed by atoms with Gasteiger partial charge in [-0.2, -0.15) is 0 Å². The number of likely N-dealkylation sites (tertiary alicyclic amines) is 1. The van der Waals surface area contributed by atoms with E-state index in [0.717, 1.165) is 39.8 Å². The summed E-state index contributed by atoms with van der Waals surface area (Å²) in [5.74, 6) is -0.294. The number of rotatable bonds is 5. The zero-order chi connectivity index (χ0) is 22.0. The van der Waals surface area contributed by atoms with Crippen LogP contribution in [0, 0.1) is 5.82 Å². The van der Waals surface area contributed by atoms with Crippen molar-refractivity contribution in [3.8, 4) is 0 Å². The molecule has 1 aliphatic heterocycles. The van der Waals surface area contributed by atoms with Crippen molar-refractivity contribution >= 4 is 33.2 Å². The average molecular weight is 439 g/mol. The Kier molecular flexibility index (Phi) is 6.37. The van der Waals surface area contributed by atoms with Gasteiger partial charge in [-0.3, -0.25) is 9.59 Å². The minimum atomic E-state index is -0.322. The molecule has 4 nitrogen and oxygen atoms in total. The number of hydrogen-bond acceptors (Lipinski definition) is 3. The monoisotopic (exact) mass is 438 g/mol. The molecule has 6 heteroatoms. The highest BCUT2D eigenvalue weighted by Gasteiger charge is 2.30. The zero-order valence-electron chi connectivity index (χ0n) is 17.9. The smallest absolute Gasteiger partial charge is 0.263 e. The number of carbonyl (C=O) groups excluding carboxylic acids is 2. The first kappa shape index (κ1) is 21.5. The molecule has 2 aromatic carbocycles. The first-order chi connectivity index (χ1) is 14.9. The number of thiophene rings is 1. The van der Waals surface area contributed by atoms with Crippen LogP contribution < -0.4 is 0 Å². The molecule has 2 heterocycles. The largest absolute Gasteiger partial charge is 0.344 e. The second-order valence-electron chi connectivity index (χ2n) is 8.35. The number of carbonyl (C=O) groups is 2. The Labute approximate surface area is 186 Å². The fourth-order valence-electron chi connectivity index (χ4n) is 4.38. The van der Waals surface area contributed by atoms with Crippen molar-refractivity contribution in [3.63, 3.8) is 0 Å². The van der Waals surface area contributed by atoms with E-state index in [1.54, 1.807) is 31.1 Å². The van der Waals surface area contributed by atoms with Crippen LogP contribution in [0.1, 0.15) is 40.1 Å². The molecule has 0 spiro atoms. The van der Waals surface area contributed by atoms with Crippen LogP contribution in [-0.2, 0) is 17.6 Å². The molecule has 0 radical (unpaired) electrons. The average Bonchev–Trinajstić information content (AvgIpc) is 3.12. The topological polar surface area (TPSA) is 40.6 Å². The van der Waals surface area contributed by atoms with Crippen molar-refractivity contribution in [2.24, 2.45) is 0 Å². The van der Waals surface area contributed by atoms with Gasteiger partial charge in [-0.15, -0.1) is 11.3 Å². The molecule has 1 atom stereocenters. The first-order valence-electron chi connectivity index (χ1n) is 10.7. The lowest BCUT2D eigenvalue weighted by molar-refractivity contribution is -0.134. The third-order valence-electron chi connectivity index (χ3n) is 5.93. The lowest BCUT2D eigenvalue weighted by atomic mass is 9.93. The molecule has 4 rings (SSSR count). The van der Waals surface area contributed by atoms with Crippen LogP contribution in [0.4, 0.5) is 4.39 Å². The summed E-state index contributed by atoms with van der Waals surface area (Å²) in [4.78, 5) is 30.3. The van der Waals surface area contributed by atoms with Gasteiger partial charge in [0.15, 0.2) is 0 Å². The molecule has 3 aromatic rings. The molecule has 1 saturated heterocycles. The molecule has 1 aromatic heterocycles.